The number of ether oxygens (including phenoxy) is 1. The largest absolute Gasteiger partial charge is 0.497 e. The Morgan fingerprint density at radius 1 is 1.00 bits per heavy atom. The minimum atomic E-state index is -3.42. The first-order valence-electron chi connectivity index (χ1n) is 8.07. The molecule has 0 heterocycles. The Morgan fingerprint density at radius 3 is 2.17 bits per heavy atom. The Morgan fingerprint density at radius 2 is 1.62 bits per heavy atom. The molecule has 2 rings (SSSR count). The van der Waals surface area contributed by atoms with E-state index in [9.17, 15) is 8.42 Å². The van der Waals surface area contributed by atoms with Gasteiger partial charge in [0.1, 0.15) is 5.75 Å². The smallest absolute Gasteiger partial charge is 0.216 e. The first kappa shape index (κ1) is 18.5. The van der Waals surface area contributed by atoms with Crippen LogP contribution in [0.4, 0.5) is 0 Å². The zero-order chi connectivity index (χ0) is 17.6. The highest BCUT2D eigenvalue weighted by atomic mass is 32.2. The van der Waals surface area contributed by atoms with Gasteiger partial charge in [0.25, 0.3) is 0 Å². The van der Waals surface area contributed by atoms with Gasteiger partial charge in [0.05, 0.1) is 12.9 Å². The van der Waals surface area contributed by atoms with Gasteiger partial charge in [-0.05, 0) is 35.6 Å². The molecule has 4 nitrogen and oxygen atoms in total. The normalized spacial score (nSPS) is 13.0. The standard InChI is InChI=1S/C19H25NO3S/c1-15(2)13-19(17-9-11-18(23-3)12-10-17)20-24(21,22)14-16-7-5-4-6-8-16/h4-12,15,19-20H,13-14H2,1-3H3/t19-/m1/s1. The second kappa shape index (κ2) is 8.31. The third-order valence-corrected chi connectivity index (χ3v) is 5.10. The molecule has 0 bridgehead atoms. The lowest BCUT2D eigenvalue weighted by atomic mass is 9.98. The van der Waals surface area contributed by atoms with E-state index in [4.69, 9.17) is 4.74 Å². The summed E-state index contributed by atoms with van der Waals surface area (Å²) in [5.74, 6) is 1.12. The molecule has 1 atom stereocenters. The molecular weight excluding hydrogens is 322 g/mol. The van der Waals surface area contributed by atoms with Crippen LogP contribution in [0.15, 0.2) is 54.6 Å². The molecule has 130 valence electrons. The van der Waals surface area contributed by atoms with Gasteiger partial charge in [-0.25, -0.2) is 13.1 Å². The molecule has 1 N–H and O–H groups in total. The summed E-state index contributed by atoms with van der Waals surface area (Å²) in [5, 5.41) is 0. The van der Waals surface area contributed by atoms with Gasteiger partial charge >= 0.3 is 0 Å². The van der Waals surface area contributed by atoms with Crippen molar-refractivity contribution in [1.29, 1.82) is 0 Å². The van der Waals surface area contributed by atoms with Crippen molar-refractivity contribution in [2.24, 2.45) is 5.92 Å². The summed E-state index contributed by atoms with van der Waals surface area (Å²) in [7, 11) is -1.81. The first-order valence-corrected chi connectivity index (χ1v) is 9.72. The number of rotatable bonds is 8. The number of benzene rings is 2. The zero-order valence-corrected chi connectivity index (χ0v) is 15.2. The summed E-state index contributed by atoms with van der Waals surface area (Å²) >= 11 is 0. The van der Waals surface area contributed by atoms with E-state index in [1.54, 1.807) is 7.11 Å². The van der Waals surface area contributed by atoms with Crippen LogP contribution < -0.4 is 9.46 Å². The second-order valence-corrected chi connectivity index (χ2v) is 8.07. The highest BCUT2D eigenvalue weighted by Gasteiger charge is 2.21. The van der Waals surface area contributed by atoms with E-state index in [1.807, 2.05) is 54.6 Å². The maximum absolute atomic E-state index is 12.6. The van der Waals surface area contributed by atoms with Gasteiger partial charge in [-0.3, -0.25) is 0 Å². The van der Waals surface area contributed by atoms with E-state index in [0.29, 0.717) is 5.92 Å². The average molecular weight is 347 g/mol. The second-order valence-electron chi connectivity index (χ2n) is 6.32. The summed E-state index contributed by atoms with van der Waals surface area (Å²) in [4.78, 5) is 0. The van der Waals surface area contributed by atoms with Crippen molar-refractivity contribution in [3.05, 3.63) is 65.7 Å². The lowest BCUT2D eigenvalue weighted by Gasteiger charge is -2.21. The van der Waals surface area contributed by atoms with E-state index in [-0.39, 0.29) is 11.8 Å². The maximum Gasteiger partial charge on any atom is 0.216 e. The molecule has 0 unspecified atom stereocenters. The van der Waals surface area contributed by atoms with E-state index >= 15 is 0 Å². The predicted octanol–water partition coefficient (Wildman–Crippen LogP) is 3.90. The number of methoxy groups -OCH3 is 1. The zero-order valence-electron chi connectivity index (χ0n) is 14.4. The molecule has 0 radical (unpaired) electrons. The van der Waals surface area contributed by atoms with E-state index < -0.39 is 10.0 Å². The fourth-order valence-electron chi connectivity index (χ4n) is 2.61. The molecule has 2 aromatic rings. The minimum absolute atomic E-state index is 0.0153. The highest BCUT2D eigenvalue weighted by Crippen LogP contribution is 2.25. The Labute approximate surface area is 144 Å². The Kier molecular flexibility index (Phi) is 6.40. The van der Waals surface area contributed by atoms with E-state index in [1.165, 1.54) is 0 Å². The summed E-state index contributed by atoms with van der Waals surface area (Å²) in [6, 6.07) is 16.5. The van der Waals surface area contributed by atoms with Crippen LogP contribution in [0.25, 0.3) is 0 Å². The molecular formula is C19H25NO3S. The van der Waals surface area contributed by atoms with E-state index in [0.717, 1.165) is 23.3 Å². The topological polar surface area (TPSA) is 55.4 Å². The average Bonchev–Trinajstić information content (AvgIpc) is 2.54. The van der Waals surface area contributed by atoms with E-state index in [2.05, 4.69) is 18.6 Å². The van der Waals surface area contributed by atoms with Crippen LogP contribution in [0.1, 0.15) is 37.4 Å². The Bertz CT molecular complexity index is 725. The fraction of sp³-hybridized carbons (Fsp3) is 0.368. The van der Waals surface area contributed by atoms with Crippen LogP contribution in [-0.2, 0) is 15.8 Å². The van der Waals surface area contributed by atoms with Crippen LogP contribution in [0, 0.1) is 5.92 Å². The third-order valence-electron chi connectivity index (χ3n) is 3.75. The van der Waals surface area contributed by atoms with Gasteiger partial charge in [-0.15, -0.1) is 0 Å². The van der Waals surface area contributed by atoms with Gasteiger partial charge in [0.15, 0.2) is 0 Å². The van der Waals surface area contributed by atoms with Crippen molar-refractivity contribution in [3.8, 4) is 5.75 Å². The number of nitrogens with one attached hydrogen (secondary N) is 1. The molecule has 5 heteroatoms. The highest BCUT2D eigenvalue weighted by molar-refractivity contribution is 7.88. The van der Waals surface area contributed by atoms with Gasteiger partial charge in [0, 0.05) is 6.04 Å². The minimum Gasteiger partial charge on any atom is -0.497 e. The lowest BCUT2D eigenvalue weighted by Crippen LogP contribution is -2.30. The molecule has 0 spiro atoms. The van der Waals surface area contributed by atoms with Gasteiger partial charge < -0.3 is 4.74 Å². The first-order chi connectivity index (χ1) is 11.4. The maximum atomic E-state index is 12.6. The molecule has 0 aliphatic heterocycles. The molecule has 0 saturated heterocycles. The van der Waals surface area contributed by atoms with Crippen molar-refractivity contribution >= 4 is 10.0 Å². The third kappa shape index (κ3) is 5.65. The quantitative estimate of drug-likeness (QED) is 0.788. The van der Waals surface area contributed by atoms with Gasteiger partial charge in [-0.2, -0.15) is 0 Å². The summed E-state index contributed by atoms with van der Waals surface area (Å²) in [6.45, 7) is 4.17. The number of hydrogen-bond acceptors (Lipinski definition) is 3. The summed E-state index contributed by atoms with van der Waals surface area (Å²) in [5.41, 5.74) is 1.73. The predicted molar refractivity (Wildman–Crippen MR) is 97.4 cm³/mol. The van der Waals surface area contributed by atoms with Crippen LogP contribution >= 0.6 is 0 Å². The fourth-order valence-corrected chi connectivity index (χ4v) is 3.99. The van der Waals surface area contributed by atoms with Crippen molar-refractivity contribution in [3.63, 3.8) is 0 Å². The molecule has 0 aliphatic rings. The lowest BCUT2D eigenvalue weighted by molar-refractivity contribution is 0.414. The SMILES string of the molecule is COc1ccc([C@@H](CC(C)C)NS(=O)(=O)Cc2ccccc2)cc1. The number of sulfonamides is 1. The van der Waals surface area contributed by atoms with Crippen molar-refractivity contribution < 1.29 is 13.2 Å². The number of hydrogen-bond donors (Lipinski definition) is 1. The monoisotopic (exact) mass is 347 g/mol. The summed E-state index contributed by atoms with van der Waals surface area (Å²) < 4.78 is 33.1. The van der Waals surface area contributed by atoms with Gasteiger partial charge in [-0.1, -0.05) is 56.3 Å². The summed E-state index contributed by atoms with van der Waals surface area (Å²) in [6.07, 6.45) is 0.736. The van der Waals surface area contributed by atoms with Crippen LogP contribution in [-0.4, -0.2) is 15.5 Å². The molecule has 0 saturated carbocycles. The molecule has 0 amide bonds. The Balaban J connectivity index is 2.17. The molecule has 0 fully saturated rings. The van der Waals surface area contributed by atoms with Crippen molar-refractivity contribution in [2.45, 2.75) is 32.1 Å². The van der Waals surface area contributed by atoms with Crippen molar-refractivity contribution in [2.75, 3.05) is 7.11 Å². The molecule has 24 heavy (non-hydrogen) atoms. The van der Waals surface area contributed by atoms with Crippen LogP contribution in [0.3, 0.4) is 0 Å². The van der Waals surface area contributed by atoms with Crippen LogP contribution in [0.2, 0.25) is 0 Å². The van der Waals surface area contributed by atoms with Crippen molar-refractivity contribution in [1.82, 2.24) is 4.72 Å². The molecule has 0 aromatic heterocycles. The Hall–Kier alpha value is -1.85. The molecule has 0 aliphatic carbocycles. The molecule has 2 aromatic carbocycles. The van der Waals surface area contributed by atoms with Crippen LogP contribution in [0.5, 0.6) is 5.75 Å². The van der Waals surface area contributed by atoms with Gasteiger partial charge in [0.2, 0.25) is 10.0 Å².